The number of aryl methyl sites for hydroxylation is 2. The van der Waals surface area contributed by atoms with Gasteiger partial charge in [0.05, 0.1) is 28.1 Å². The number of benzene rings is 1. The predicted molar refractivity (Wildman–Crippen MR) is 109 cm³/mol. The number of anilines is 1. The number of ether oxygens (including phenoxy) is 1. The minimum Gasteiger partial charge on any atom is -0.488 e. The van der Waals surface area contributed by atoms with Crippen molar-refractivity contribution in [2.24, 2.45) is 5.92 Å². The van der Waals surface area contributed by atoms with Crippen LogP contribution in [0.4, 0.5) is 5.69 Å². The molecule has 1 aromatic heterocycles. The van der Waals surface area contributed by atoms with Gasteiger partial charge in [0.2, 0.25) is 0 Å². The summed E-state index contributed by atoms with van der Waals surface area (Å²) in [5, 5.41) is 0.691. The Morgan fingerprint density at radius 1 is 1.22 bits per heavy atom. The monoisotopic (exact) mass is 410 g/mol. The van der Waals surface area contributed by atoms with Gasteiger partial charge in [0, 0.05) is 6.54 Å². The third-order valence-electron chi connectivity index (χ3n) is 3.69. The van der Waals surface area contributed by atoms with Gasteiger partial charge in [-0.3, -0.25) is 9.10 Å². The van der Waals surface area contributed by atoms with Gasteiger partial charge in [0.15, 0.2) is 16.2 Å². The molecule has 0 saturated heterocycles. The molecule has 0 spiro atoms. The van der Waals surface area contributed by atoms with Crippen LogP contribution in [0.15, 0.2) is 22.4 Å². The molecule has 27 heavy (non-hydrogen) atoms. The Labute approximate surface area is 165 Å². The van der Waals surface area contributed by atoms with E-state index in [1.54, 1.807) is 32.0 Å². The first-order valence-corrected chi connectivity index (χ1v) is 11.0. The van der Waals surface area contributed by atoms with E-state index in [1.807, 2.05) is 27.7 Å². The van der Waals surface area contributed by atoms with Gasteiger partial charge in [-0.2, -0.15) is 0 Å². The van der Waals surface area contributed by atoms with E-state index in [0.717, 1.165) is 11.3 Å². The SMILES string of the molecule is Cc1nc(C)c(S(=O)(=O)N(CC(C)C)c2cccc(C=O)c2OC(C)C)s1. The third-order valence-corrected chi connectivity index (χ3v) is 7.13. The second kappa shape index (κ2) is 8.39. The van der Waals surface area contributed by atoms with Gasteiger partial charge >= 0.3 is 0 Å². The lowest BCUT2D eigenvalue weighted by Crippen LogP contribution is -2.35. The molecule has 8 heteroatoms. The molecular weight excluding hydrogens is 384 g/mol. The molecule has 0 aliphatic rings. The van der Waals surface area contributed by atoms with Crippen LogP contribution < -0.4 is 9.04 Å². The highest BCUT2D eigenvalue weighted by Crippen LogP contribution is 2.38. The molecule has 0 N–H and O–H groups in total. The molecule has 148 valence electrons. The molecule has 0 atom stereocenters. The first-order chi connectivity index (χ1) is 12.6. The first kappa shape index (κ1) is 21.4. The maximum Gasteiger partial charge on any atom is 0.275 e. The van der Waals surface area contributed by atoms with Crippen molar-refractivity contribution in [3.63, 3.8) is 0 Å². The van der Waals surface area contributed by atoms with E-state index < -0.39 is 10.0 Å². The predicted octanol–water partition coefficient (Wildman–Crippen LogP) is 4.21. The van der Waals surface area contributed by atoms with Crippen molar-refractivity contribution in [1.82, 2.24) is 4.98 Å². The molecule has 0 unspecified atom stereocenters. The zero-order valence-electron chi connectivity index (χ0n) is 16.5. The van der Waals surface area contributed by atoms with Gasteiger partial charge in [-0.05, 0) is 45.7 Å². The van der Waals surface area contributed by atoms with Crippen LogP contribution in [0.25, 0.3) is 0 Å². The van der Waals surface area contributed by atoms with Crippen molar-refractivity contribution < 1.29 is 17.9 Å². The van der Waals surface area contributed by atoms with Crippen LogP contribution in [0.1, 0.15) is 48.8 Å². The highest BCUT2D eigenvalue weighted by Gasteiger charge is 2.32. The molecule has 0 aliphatic carbocycles. The van der Waals surface area contributed by atoms with Crippen molar-refractivity contribution in [2.75, 3.05) is 10.8 Å². The summed E-state index contributed by atoms with van der Waals surface area (Å²) in [6, 6.07) is 4.96. The first-order valence-electron chi connectivity index (χ1n) is 8.79. The molecule has 1 aromatic carbocycles. The van der Waals surface area contributed by atoms with E-state index in [0.29, 0.717) is 28.2 Å². The number of aldehydes is 1. The minimum absolute atomic E-state index is 0.0703. The molecule has 0 amide bonds. The summed E-state index contributed by atoms with van der Waals surface area (Å²) >= 11 is 1.15. The summed E-state index contributed by atoms with van der Waals surface area (Å²) in [4.78, 5) is 15.8. The molecular formula is C19H26N2O4S2. The van der Waals surface area contributed by atoms with Crippen LogP contribution in [0.2, 0.25) is 0 Å². The summed E-state index contributed by atoms with van der Waals surface area (Å²) in [6.45, 7) is 11.3. The molecule has 2 rings (SSSR count). The summed E-state index contributed by atoms with van der Waals surface area (Å²) in [5.74, 6) is 0.353. The largest absolute Gasteiger partial charge is 0.488 e. The smallest absolute Gasteiger partial charge is 0.275 e. The number of sulfonamides is 1. The number of aromatic nitrogens is 1. The van der Waals surface area contributed by atoms with E-state index in [2.05, 4.69) is 4.98 Å². The van der Waals surface area contributed by atoms with Gasteiger partial charge < -0.3 is 4.74 Å². The molecule has 0 saturated carbocycles. The highest BCUT2D eigenvalue weighted by atomic mass is 32.2. The molecule has 0 fully saturated rings. The zero-order chi connectivity index (χ0) is 20.4. The van der Waals surface area contributed by atoms with Crippen LogP contribution in [0.3, 0.4) is 0 Å². The number of hydrogen-bond donors (Lipinski definition) is 0. The van der Waals surface area contributed by atoms with Gasteiger partial charge in [-0.1, -0.05) is 19.9 Å². The number of nitrogens with zero attached hydrogens (tertiary/aromatic N) is 2. The van der Waals surface area contributed by atoms with Crippen LogP contribution in [0, 0.1) is 19.8 Å². The van der Waals surface area contributed by atoms with Crippen LogP contribution in [-0.2, 0) is 10.0 Å². The fraction of sp³-hybridized carbons (Fsp3) is 0.474. The molecule has 1 heterocycles. The Kier molecular flexibility index (Phi) is 6.64. The second-order valence-corrected chi connectivity index (χ2v) is 10.3. The van der Waals surface area contributed by atoms with E-state index >= 15 is 0 Å². The lowest BCUT2D eigenvalue weighted by molar-refractivity contribution is 0.111. The summed E-state index contributed by atoms with van der Waals surface area (Å²) < 4.78 is 34.4. The maximum absolute atomic E-state index is 13.5. The molecule has 0 aliphatic heterocycles. The standard InChI is InChI=1S/C19H26N2O4S2/c1-12(2)10-21(27(23,24)19-14(5)20-15(6)26-19)17-9-7-8-16(11-22)18(17)25-13(3)4/h7-9,11-13H,10H2,1-6H3. The number of rotatable bonds is 8. The second-order valence-electron chi connectivity index (χ2n) is 7.02. The lowest BCUT2D eigenvalue weighted by Gasteiger charge is -2.28. The van der Waals surface area contributed by atoms with Gasteiger partial charge in [-0.25, -0.2) is 13.4 Å². The van der Waals surface area contributed by atoms with E-state index in [9.17, 15) is 13.2 Å². The van der Waals surface area contributed by atoms with Crippen LogP contribution in [-0.4, -0.2) is 32.3 Å². The molecule has 6 nitrogen and oxygen atoms in total. The fourth-order valence-corrected chi connectivity index (χ4v) is 5.92. The number of para-hydroxylation sites is 1. The average Bonchev–Trinajstić information content (AvgIpc) is 2.91. The van der Waals surface area contributed by atoms with Gasteiger partial charge in [0.25, 0.3) is 10.0 Å². The van der Waals surface area contributed by atoms with Crippen LogP contribution >= 0.6 is 11.3 Å². The topological polar surface area (TPSA) is 76.6 Å². The molecule has 0 bridgehead atoms. The van der Waals surface area contributed by atoms with E-state index in [-0.39, 0.29) is 28.5 Å². The maximum atomic E-state index is 13.5. The number of carbonyl (C=O) groups excluding carboxylic acids is 1. The van der Waals surface area contributed by atoms with E-state index in [1.165, 1.54) is 4.31 Å². The molecule has 0 radical (unpaired) electrons. The number of thiazole rings is 1. The third kappa shape index (κ3) is 4.68. The fourth-order valence-electron chi connectivity index (χ4n) is 2.71. The quantitative estimate of drug-likeness (QED) is 0.609. The Morgan fingerprint density at radius 3 is 2.37 bits per heavy atom. The van der Waals surface area contributed by atoms with Gasteiger partial charge in [-0.15, -0.1) is 11.3 Å². The van der Waals surface area contributed by atoms with Crippen molar-refractivity contribution in [1.29, 1.82) is 0 Å². The number of carbonyl (C=O) groups is 1. The Bertz CT molecular complexity index is 918. The summed E-state index contributed by atoms with van der Waals surface area (Å²) in [5.41, 5.74) is 1.17. The minimum atomic E-state index is -3.85. The zero-order valence-corrected chi connectivity index (χ0v) is 18.1. The average molecular weight is 411 g/mol. The van der Waals surface area contributed by atoms with Gasteiger partial charge in [0.1, 0.15) is 0 Å². The van der Waals surface area contributed by atoms with Crippen molar-refractivity contribution in [3.05, 3.63) is 34.5 Å². The van der Waals surface area contributed by atoms with Crippen molar-refractivity contribution in [3.8, 4) is 5.75 Å². The molecule has 2 aromatic rings. The van der Waals surface area contributed by atoms with E-state index in [4.69, 9.17) is 4.74 Å². The Morgan fingerprint density at radius 2 is 1.89 bits per heavy atom. The van der Waals surface area contributed by atoms with Crippen molar-refractivity contribution in [2.45, 2.75) is 51.9 Å². The Balaban J connectivity index is 2.71. The summed E-state index contributed by atoms with van der Waals surface area (Å²) in [7, 11) is -3.85. The van der Waals surface area contributed by atoms with Crippen LogP contribution in [0.5, 0.6) is 5.75 Å². The highest BCUT2D eigenvalue weighted by molar-refractivity contribution is 7.94. The van der Waals surface area contributed by atoms with Crippen molar-refractivity contribution >= 4 is 33.3 Å². The summed E-state index contributed by atoms with van der Waals surface area (Å²) in [6.07, 6.45) is 0.476. The normalized spacial score (nSPS) is 11.9. The number of hydrogen-bond acceptors (Lipinski definition) is 6. The lowest BCUT2D eigenvalue weighted by atomic mass is 10.1. The Hall–Kier alpha value is -1.93.